The molecule has 0 radical (unpaired) electrons. The molecular weight excluding hydrogens is 228 g/mol. The Balaban J connectivity index is 4.32. The molecule has 0 aliphatic rings. The van der Waals surface area contributed by atoms with Crippen LogP contribution in [0.1, 0.15) is 34.1 Å². The Morgan fingerprint density at radius 2 is 2.00 bits per heavy atom. The smallest absolute Gasteiger partial charge is 0.0589 e. The highest BCUT2D eigenvalue weighted by molar-refractivity contribution is 4.80. The van der Waals surface area contributed by atoms with Crippen molar-refractivity contribution in [3.63, 3.8) is 0 Å². The van der Waals surface area contributed by atoms with Crippen molar-refractivity contribution in [1.29, 1.82) is 0 Å². The SMILES string of the molecule is CCC(C)(CNC(C)C)CN(CCO)CCOC. The minimum absolute atomic E-state index is 0.209. The van der Waals surface area contributed by atoms with Crippen molar-refractivity contribution in [2.45, 2.75) is 40.2 Å². The van der Waals surface area contributed by atoms with E-state index in [0.717, 1.165) is 39.2 Å². The van der Waals surface area contributed by atoms with E-state index in [0.29, 0.717) is 6.04 Å². The van der Waals surface area contributed by atoms with Gasteiger partial charge in [0.1, 0.15) is 0 Å². The van der Waals surface area contributed by atoms with Crippen molar-refractivity contribution in [2.24, 2.45) is 5.41 Å². The molecule has 0 aromatic rings. The molecule has 2 N–H and O–H groups in total. The lowest BCUT2D eigenvalue weighted by molar-refractivity contribution is 0.0926. The van der Waals surface area contributed by atoms with Crippen LogP contribution in [0.15, 0.2) is 0 Å². The average Bonchev–Trinajstić information content (AvgIpc) is 2.34. The first-order chi connectivity index (χ1) is 8.47. The van der Waals surface area contributed by atoms with E-state index in [2.05, 4.69) is 37.9 Å². The van der Waals surface area contributed by atoms with Gasteiger partial charge >= 0.3 is 0 Å². The number of hydrogen-bond donors (Lipinski definition) is 2. The number of aliphatic hydroxyl groups excluding tert-OH is 1. The number of nitrogens with zero attached hydrogens (tertiary/aromatic N) is 1. The van der Waals surface area contributed by atoms with Crippen LogP contribution in [0.25, 0.3) is 0 Å². The lowest BCUT2D eigenvalue weighted by atomic mass is 9.86. The number of ether oxygens (including phenoxy) is 1. The summed E-state index contributed by atoms with van der Waals surface area (Å²) >= 11 is 0. The fourth-order valence-corrected chi connectivity index (χ4v) is 1.91. The van der Waals surface area contributed by atoms with E-state index in [1.54, 1.807) is 7.11 Å². The van der Waals surface area contributed by atoms with Gasteiger partial charge in [-0.15, -0.1) is 0 Å². The van der Waals surface area contributed by atoms with Gasteiger partial charge in [0, 0.05) is 39.3 Å². The Morgan fingerprint density at radius 1 is 1.33 bits per heavy atom. The zero-order valence-electron chi connectivity index (χ0n) is 12.8. The van der Waals surface area contributed by atoms with E-state index in [1.165, 1.54) is 0 Å². The molecule has 0 aromatic carbocycles. The number of nitrogens with one attached hydrogen (secondary N) is 1. The Kier molecular flexibility index (Phi) is 9.64. The second-order valence-electron chi connectivity index (χ2n) is 5.69. The summed E-state index contributed by atoms with van der Waals surface area (Å²) < 4.78 is 5.13. The standard InChI is InChI=1S/C14H32N2O2/c1-6-14(4,11-15-13(2)3)12-16(7-9-17)8-10-18-5/h13,15,17H,6-12H2,1-5H3. The van der Waals surface area contributed by atoms with Crippen LogP contribution >= 0.6 is 0 Å². The zero-order valence-corrected chi connectivity index (χ0v) is 12.8. The quantitative estimate of drug-likeness (QED) is 0.588. The molecule has 0 heterocycles. The molecule has 0 saturated heterocycles. The normalized spacial score (nSPS) is 15.3. The summed E-state index contributed by atoms with van der Waals surface area (Å²) in [5.41, 5.74) is 0.243. The third kappa shape index (κ3) is 8.03. The Hall–Kier alpha value is -0.160. The highest BCUT2D eigenvalue weighted by atomic mass is 16.5. The Morgan fingerprint density at radius 3 is 2.44 bits per heavy atom. The molecule has 0 saturated carbocycles. The van der Waals surface area contributed by atoms with Gasteiger partial charge in [0.2, 0.25) is 0 Å². The molecule has 0 fully saturated rings. The molecule has 0 rings (SSSR count). The van der Waals surface area contributed by atoms with Crippen LogP contribution in [0.4, 0.5) is 0 Å². The molecule has 4 nitrogen and oxygen atoms in total. The predicted molar refractivity (Wildman–Crippen MR) is 76.9 cm³/mol. The van der Waals surface area contributed by atoms with E-state index in [9.17, 15) is 0 Å². The number of aliphatic hydroxyl groups is 1. The third-order valence-corrected chi connectivity index (χ3v) is 3.42. The fraction of sp³-hybridized carbons (Fsp3) is 1.00. The van der Waals surface area contributed by atoms with Crippen molar-refractivity contribution in [3.8, 4) is 0 Å². The third-order valence-electron chi connectivity index (χ3n) is 3.42. The van der Waals surface area contributed by atoms with E-state index in [1.807, 2.05) is 0 Å². The fourth-order valence-electron chi connectivity index (χ4n) is 1.91. The summed E-state index contributed by atoms with van der Waals surface area (Å²) in [5.74, 6) is 0. The van der Waals surface area contributed by atoms with E-state index < -0.39 is 0 Å². The summed E-state index contributed by atoms with van der Waals surface area (Å²) in [5, 5.41) is 12.6. The summed E-state index contributed by atoms with van der Waals surface area (Å²) in [6, 6.07) is 0.515. The van der Waals surface area contributed by atoms with E-state index >= 15 is 0 Å². The first-order valence-corrected chi connectivity index (χ1v) is 7.03. The van der Waals surface area contributed by atoms with Crippen LogP contribution in [0.5, 0.6) is 0 Å². The first-order valence-electron chi connectivity index (χ1n) is 7.03. The Bertz CT molecular complexity index is 200. The van der Waals surface area contributed by atoms with Gasteiger partial charge in [-0.3, -0.25) is 4.90 Å². The zero-order chi connectivity index (χ0) is 14.0. The highest BCUT2D eigenvalue weighted by Crippen LogP contribution is 2.21. The van der Waals surface area contributed by atoms with Crippen LogP contribution < -0.4 is 5.32 Å². The van der Waals surface area contributed by atoms with Crippen molar-refractivity contribution < 1.29 is 9.84 Å². The molecule has 0 spiro atoms. The second-order valence-corrected chi connectivity index (χ2v) is 5.69. The van der Waals surface area contributed by atoms with Crippen molar-refractivity contribution in [2.75, 3.05) is 46.5 Å². The number of rotatable bonds is 11. The minimum Gasteiger partial charge on any atom is -0.395 e. The average molecular weight is 260 g/mol. The highest BCUT2D eigenvalue weighted by Gasteiger charge is 2.25. The van der Waals surface area contributed by atoms with Gasteiger partial charge in [-0.1, -0.05) is 27.7 Å². The predicted octanol–water partition coefficient (Wildman–Crippen LogP) is 1.34. The molecule has 0 aliphatic carbocycles. The first kappa shape index (κ1) is 17.8. The van der Waals surface area contributed by atoms with E-state index in [-0.39, 0.29) is 12.0 Å². The molecule has 4 heteroatoms. The second kappa shape index (κ2) is 9.73. The molecule has 18 heavy (non-hydrogen) atoms. The molecule has 0 aliphatic heterocycles. The van der Waals surface area contributed by atoms with Gasteiger partial charge < -0.3 is 15.2 Å². The van der Waals surface area contributed by atoms with Crippen LogP contribution in [0, 0.1) is 5.41 Å². The molecule has 0 bridgehead atoms. The van der Waals surface area contributed by atoms with Crippen LogP contribution in [-0.4, -0.2) is 62.6 Å². The summed E-state index contributed by atoms with van der Waals surface area (Å²) in [4.78, 5) is 2.29. The van der Waals surface area contributed by atoms with Gasteiger partial charge in [-0.25, -0.2) is 0 Å². The van der Waals surface area contributed by atoms with Gasteiger partial charge in [-0.05, 0) is 11.8 Å². The topological polar surface area (TPSA) is 44.7 Å². The lowest BCUT2D eigenvalue weighted by Crippen LogP contribution is -2.45. The van der Waals surface area contributed by atoms with Crippen LogP contribution in [-0.2, 0) is 4.74 Å². The van der Waals surface area contributed by atoms with Crippen molar-refractivity contribution >= 4 is 0 Å². The molecule has 1 unspecified atom stereocenters. The monoisotopic (exact) mass is 260 g/mol. The summed E-state index contributed by atoms with van der Waals surface area (Å²) in [6.45, 7) is 13.4. The maximum atomic E-state index is 9.13. The summed E-state index contributed by atoms with van der Waals surface area (Å²) in [7, 11) is 1.72. The van der Waals surface area contributed by atoms with E-state index in [4.69, 9.17) is 9.84 Å². The number of hydrogen-bond acceptors (Lipinski definition) is 4. The molecular formula is C14H32N2O2. The van der Waals surface area contributed by atoms with Gasteiger partial charge in [0.25, 0.3) is 0 Å². The molecule has 0 aromatic heterocycles. The molecule has 0 amide bonds. The maximum absolute atomic E-state index is 9.13. The Labute approximate surface area is 113 Å². The van der Waals surface area contributed by atoms with Gasteiger partial charge in [0.15, 0.2) is 0 Å². The van der Waals surface area contributed by atoms with Crippen molar-refractivity contribution in [3.05, 3.63) is 0 Å². The maximum Gasteiger partial charge on any atom is 0.0589 e. The largest absolute Gasteiger partial charge is 0.395 e. The van der Waals surface area contributed by atoms with Gasteiger partial charge in [0.05, 0.1) is 13.2 Å². The van der Waals surface area contributed by atoms with Crippen LogP contribution in [0.2, 0.25) is 0 Å². The van der Waals surface area contributed by atoms with Gasteiger partial charge in [-0.2, -0.15) is 0 Å². The molecule has 1 atom stereocenters. The minimum atomic E-state index is 0.209. The summed E-state index contributed by atoms with van der Waals surface area (Å²) in [6.07, 6.45) is 1.13. The lowest BCUT2D eigenvalue weighted by Gasteiger charge is -2.35. The number of methoxy groups -OCH3 is 1. The molecule has 110 valence electrons. The van der Waals surface area contributed by atoms with Crippen LogP contribution in [0.3, 0.4) is 0 Å². The van der Waals surface area contributed by atoms with Crippen molar-refractivity contribution in [1.82, 2.24) is 10.2 Å².